The maximum absolute atomic E-state index is 12.0. The lowest BCUT2D eigenvalue weighted by Gasteiger charge is -2.30. The number of likely N-dealkylation sites (tertiary alicyclic amines) is 1. The van der Waals surface area contributed by atoms with Gasteiger partial charge in [-0.1, -0.05) is 12.1 Å². The molecule has 0 amide bonds. The number of hydrogen-bond donors (Lipinski definition) is 1. The Morgan fingerprint density at radius 3 is 2.57 bits per heavy atom. The third-order valence-electron chi connectivity index (χ3n) is 3.54. The zero-order valence-electron chi connectivity index (χ0n) is 13.3. The van der Waals surface area contributed by atoms with Crippen molar-refractivity contribution in [1.29, 1.82) is 0 Å². The van der Waals surface area contributed by atoms with E-state index >= 15 is 0 Å². The molecule has 2 rings (SSSR count). The number of piperidine rings is 1. The van der Waals surface area contributed by atoms with Gasteiger partial charge in [0.2, 0.25) is 0 Å². The summed E-state index contributed by atoms with van der Waals surface area (Å²) < 4.78 is 5.36. The monoisotopic (exact) mass is 290 g/mol. The number of ether oxygens (including phenoxy) is 1. The minimum absolute atomic E-state index is 0.269. The zero-order valence-corrected chi connectivity index (χ0v) is 13.3. The smallest absolute Gasteiger partial charge is 0.338 e. The van der Waals surface area contributed by atoms with Gasteiger partial charge in [0.25, 0.3) is 0 Å². The Hall–Kier alpha value is -1.39. The van der Waals surface area contributed by atoms with Crippen LogP contribution in [0.3, 0.4) is 0 Å². The average Bonchev–Trinajstić information content (AvgIpc) is 2.37. The number of nitrogens with zero attached hydrogens (tertiary/aromatic N) is 1. The highest BCUT2D eigenvalue weighted by molar-refractivity contribution is 5.89. The standard InChI is InChI=1S/C17H26N2O2/c1-17(2,3)21-16(20)14-8-6-13(7-9-14)11-19-10-4-5-15(18)12-19/h6-9,15H,4-5,10-12,18H2,1-3H3. The summed E-state index contributed by atoms with van der Waals surface area (Å²) in [5.41, 5.74) is 7.35. The van der Waals surface area contributed by atoms with E-state index in [2.05, 4.69) is 4.90 Å². The van der Waals surface area contributed by atoms with Crippen molar-refractivity contribution in [2.24, 2.45) is 5.73 Å². The minimum Gasteiger partial charge on any atom is -0.456 e. The fourth-order valence-corrected chi connectivity index (χ4v) is 2.58. The highest BCUT2D eigenvalue weighted by atomic mass is 16.6. The molecule has 1 fully saturated rings. The highest BCUT2D eigenvalue weighted by Gasteiger charge is 2.19. The number of carbonyl (C=O) groups excluding carboxylic acids is 1. The molecular weight excluding hydrogens is 264 g/mol. The quantitative estimate of drug-likeness (QED) is 0.869. The van der Waals surface area contributed by atoms with Crippen LogP contribution in [-0.2, 0) is 11.3 Å². The summed E-state index contributed by atoms with van der Waals surface area (Å²) in [7, 11) is 0. The summed E-state index contributed by atoms with van der Waals surface area (Å²) >= 11 is 0. The second-order valence-corrected chi connectivity index (χ2v) is 6.84. The van der Waals surface area contributed by atoms with Gasteiger partial charge in [-0.05, 0) is 57.9 Å². The number of carbonyl (C=O) groups is 1. The van der Waals surface area contributed by atoms with Crippen molar-refractivity contribution in [2.75, 3.05) is 13.1 Å². The van der Waals surface area contributed by atoms with Crippen LogP contribution >= 0.6 is 0 Å². The Morgan fingerprint density at radius 1 is 1.33 bits per heavy atom. The summed E-state index contributed by atoms with van der Waals surface area (Å²) in [5, 5.41) is 0. The molecule has 1 aromatic rings. The van der Waals surface area contributed by atoms with E-state index in [1.54, 1.807) is 0 Å². The van der Waals surface area contributed by atoms with Crippen molar-refractivity contribution < 1.29 is 9.53 Å². The van der Waals surface area contributed by atoms with Gasteiger partial charge in [0, 0.05) is 19.1 Å². The van der Waals surface area contributed by atoms with E-state index in [1.165, 1.54) is 5.56 Å². The van der Waals surface area contributed by atoms with E-state index < -0.39 is 5.60 Å². The first kappa shape index (κ1) is 16.0. The summed E-state index contributed by atoms with van der Waals surface area (Å²) in [6.07, 6.45) is 2.28. The Bertz CT molecular complexity index is 477. The van der Waals surface area contributed by atoms with E-state index in [9.17, 15) is 4.79 Å². The number of rotatable bonds is 3. The fourth-order valence-electron chi connectivity index (χ4n) is 2.58. The first-order valence-electron chi connectivity index (χ1n) is 7.64. The molecule has 1 heterocycles. The Kier molecular flexibility index (Phi) is 5.01. The summed E-state index contributed by atoms with van der Waals surface area (Å²) in [5.74, 6) is -0.269. The lowest BCUT2D eigenvalue weighted by molar-refractivity contribution is 0.00695. The van der Waals surface area contributed by atoms with Gasteiger partial charge in [-0.15, -0.1) is 0 Å². The van der Waals surface area contributed by atoms with Crippen LogP contribution in [0.5, 0.6) is 0 Å². The minimum atomic E-state index is -0.459. The Balaban J connectivity index is 1.94. The zero-order chi connectivity index (χ0) is 15.5. The fraction of sp³-hybridized carbons (Fsp3) is 0.588. The Morgan fingerprint density at radius 2 is 2.00 bits per heavy atom. The molecule has 21 heavy (non-hydrogen) atoms. The summed E-state index contributed by atoms with van der Waals surface area (Å²) in [6, 6.07) is 7.97. The number of hydrogen-bond acceptors (Lipinski definition) is 4. The molecular formula is C17H26N2O2. The molecule has 0 saturated carbocycles. The molecule has 4 heteroatoms. The van der Waals surface area contributed by atoms with Crippen LogP contribution in [0.25, 0.3) is 0 Å². The van der Waals surface area contributed by atoms with Crippen molar-refractivity contribution in [3.63, 3.8) is 0 Å². The Labute approximate surface area is 127 Å². The summed E-state index contributed by atoms with van der Waals surface area (Å²) in [6.45, 7) is 8.56. The third kappa shape index (κ3) is 5.14. The van der Waals surface area contributed by atoms with Gasteiger partial charge in [-0.25, -0.2) is 4.79 Å². The van der Waals surface area contributed by atoms with Gasteiger partial charge in [0.1, 0.15) is 5.60 Å². The molecule has 0 aromatic heterocycles. The van der Waals surface area contributed by atoms with Crippen molar-refractivity contribution in [3.05, 3.63) is 35.4 Å². The van der Waals surface area contributed by atoms with Gasteiger partial charge < -0.3 is 10.5 Å². The molecule has 2 N–H and O–H groups in total. The molecule has 1 unspecified atom stereocenters. The van der Waals surface area contributed by atoms with E-state index in [0.29, 0.717) is 11.6 Å². The van der Waals surface area contributed by atoms with Crippen molar-refractivity contribution >= 4 is 5.97 Å². The van der Waals surface area contributed by atoms with Crippen LogP contribution in [-0.4, -0.2) is 35.6 Å². The van der Waals surface area contributed by atoms with Crippen LogP contribution in [0, 0.1) is 0 Å². The molecule has 1 aliphatic heterocycles. The number of benzene rings is 1. The van der Waals surface area contributed by atoms with E-state index in [1.807, 2.05) is 45.0 Å². The predicted octanol–water partition coefficient (Wildman–Crippen LogP) is 2.57. The normalized spacial score (nSPS) is 20.3. The molecule has 116 valence electrons. The van der Waals surface area contributed by atoms with Gasteiger partial charge >= 0.3 is 5.97 Å². The highest BCUT2D eigenvalue weighted by Crippen LogP contribution is 2.15. The SMILES string of the molecule is CC(C)(C)OC(=O)c1ccc(CN2CCCC(N)C2)cc1. The molecule has 1 atom stereocenters. The number of nitrogens with two attached hydrogens (primary N) is 1. The van der Waals surface area contributed by atoms with Crippen molar-refractivity contribution in [3.8, 4) is 0 Å². The van der Waals surface area contributed by atoms with Crippen LogP contribution in [0.15, 0.2) is 24.3 Å². The molecule has 1 aromatic carbocycles. The largest absolute Gasteiger partial charge is 0.456 e. The molecule has 0 radical (unpaired) electrons. The second-order valence-electron chi connectivity index (χ2n) is 6.84. The predicted molar refractivity (Wildman–Crippen MR) is 84.1 cm³/mol. The van der Waals surface area contributed by atoms with Gasteiger partial charge in [0.15, 0.2) is 0 Å². The molecule has 0 spiro atoms. The van der Waals surface area contributed by atoms with Crippen molar-refractivity contribution in [2.45, 2.75) is 51.8 Å². The molecule has 0 aliphatic carbocycles. The summed E-state index contributed by atoms with van der Waals surface area (Å²) in [4.78, 5) is 14.3. The van der Waals surface area contributed by atoms with Gasteiger partial charge in [-0.2, -0.15) is 0 Å². The first-order chi connectivity index (χ1) is 9.83. The van der Waals surface area contributed by atoms with Crippen molar-refractivity contribution in [1.82, 2.24) is 4.90 Å². The van der Waals surface area contributed by atoms with E-state index in [0.717, 1.165) is 32.5 Å². The number of esters is 1. The van der Waals surface area contributed by atoms with Crippen LogP contribution < -0.4 is 5.73 Å². The van der Waals surface area contributed by atoms with Crippen LogP contribution in [0.4, 0.5) is 0 Å². The lowest BCUT2D eigenvalue weighted by atomic mass is 10.1. The molecule has 4 nitrogen and oxygen atoms in total. The van der Waals surface area contributed by atoms with Crippen LogP contribution in [0.1, 0.15) is 49.5 Å². The van der Waals surface area contributed by atoms with Crippen LogP contribution in [0.2, 0.25) is 0 Å². The lowest BCUT2D eigenvalue weighted by Crippen LogP contribution is -2.42. The van der Waals surface area contributed by atoms with E-state index in [-0.39, 0.29) is 5.97 Å². The van der Waals surface area contributed by atoms with Gasteiger partial charge in [0.05, 0.1) is 5.56 Å². The topological polar surface area (TPSA) is 55.6 Å². The average molecular weight is 290 g/mol. The third-order valence-corrected chi connectivity index (χ3v) is 3.54. The first-order valence-corrected chi connectivity index (χ1v) is 7.64. The van der Waals surface area contributed by atoms with E-state index in [4.69, 9.17) is 10.5 Å². The maximum atomic E-state index is 12.0. The molecule has 0 bridgehead atoms. The molecule has 1 saturated heterocycles. The second kappa shape index (κ2) is 6.58. The molecule has 1 aliphatic rings. The van der Waals surface area contributed by atoms with Gasteiger partial charge in [-0.3, -0.25) is 4.90 Å². The maximum Gasteiger partial charge on any atom is 0.338 e.